The van der Waals surface area contributed by atoms with E-state index in [0.717, 1.165) is 5.56 Å². The molecule has 0 radical (unpaired) electrons. The lowest BCUT2D eigenvalue weighted by Gasteiger charge is -2.29. The molecule has 1 aromatic rings. The average molecular weight is 279 g/mol. The van der Waals surface area contributed by atoms with E-state index in [1.54, 1.807) is 6.20 Å². The van der Waals surface area contributed by atoms with Gasteiger partial charge < -0.3 is 15.4 Å². The van der Waals surface area contributed by atoms with E-state index in [9.17, 15) is 4.79 Å². The Balaban J connectivity index is 2.36. The molecule has 1 amide bonds. The number of aromatic nitrogens is 1. The van der Waals surface area contributed by atoms with Crippen molar-refractivity contribution in [2.45, 2.75) is 52.3 Å². The Labute approximate surface area is 121 Å². The van der Waals surface area contributed by atoms with E-state index in [1.807, 2.05) is 52.9 Å². The van der Waals surface area contributed by atoms with Gasteiger partial charge in [0.15, 0.2) is 0 Å². The topological polar surface area (TPSA) is 63.2 Å². The summed E-state index contributed by atoms with van der Waals surface area (Å²) in [6.07, 6.45) is 3.17. The van der Waals surface area contributed by atoms with Gasteiger partial charge >= 0.3 is 6.09 Å². The van der Waals surface area contributed by atoms with E-state index < -0.39 is 11.7 Å². The van der Waals surface area contributed by atoms with Gasteiger partial charge in [0.1, 0.15) is 5.60 Å². The van der Waals surface area contributed by atoms with Gasteiger partial charge in [-0.1, -0.05) is 6.07 Å². The maximum atomic E-state index is 11.7. The number of rotatable bonds is 5. The molecule has 0 saturated heterocycles. The fourth-order valence-electron chi connectivity index (χ4n) is 1.65. The van der Waals surface area contributed by atoms with E-state index in [-0.39, 0.29) is 5.54 Å². The van der Waals surface area contributed by atoms with Gasteiger partial charge in [0.05, 0.1) is 5.54 Å². The van der Waals surface area contributed by atoms with Crippen LogP contribution in [0.2, 0.25) is 0 Å². The zero-order valence-electron chi connectivity index (χ0n) is 13.0. The summed E-state index contributed by atoms with van der Waals surface area (Å²) >= 11 is 0. The lowest BCUT2D eigenvalue weighted by molar-refractivity contribution is 0.0472. The summed E-state index contributed by atoms with van der Waals surface area (Å²) in [4.78, 5) is 15.8. The number of ether oxygens (including phenoxy) is 1. The first-order valence-corrected chi connectivity index (χ1v) is 6.79. The maximum absolute atomic E-state index is 11.7. The number of hydrogen-bond acceptors (Lipinski definition) is 4. The van der Waals surface area contributed by atoms with Crippen LogP contribution in [0.25, 0.3) is 0 Å². The summed E-state index contributed by atoms with van der Waals surface area (Å²) < 4.78 is 5.25. The van der Waals surface area contributed by atoms with Gasteiger partial charge in [0.25, 0.3) is 0 Å². The fourth-order valence-corrected chi connectivity index (χ4v) is 1.65. The molecule has 0 bridgehead atoms. The second-order valence-corrected chi connectivity index (χ2v) is 6.48. The van der Waals surface area contributed by atoms with Gasteiger partial charge in [-0.3, -0.25) is 4.98 Å². The van der Waals surface area contributed by atoms with E-state index >= 15 is 0 Å². The van der Waals surface area contributed by atoms with Crippen molar-refractivity contribution >= 4 is 6.09 Å². The van der Waals surface area contributed by atoms with Crippen LogP contribution >= 0.6 is 0 Å². The van der Waals surface area contributed by atoms with E-state index in [4.69, 9.17) is 4.74 Å². The second kappa shape index (κ2) is 6.70. The van der Waals surface area contributed by atoms with Gasteiger partial charge in [-0.05, 0) is 46.2 Å². The third-order valence-corrected chi connectivity index (χ3v) is 2.46. The number of alkyl carbamates (subject to hydrolysis) is 1. The van der Waals surface area contributed by atoms with Gasteiger partial charge in [-0.15, -0.1) is 0 Å². The first-order chi connectivity index (χ1) is 9.18. The molecule has 20 heavy (non-hydrogen) atoms. The fraction of sp³-hybridized carbons (Fsp3) is 0.600. The zero-order valence-corrected chi connectivity index (χ0v) is 13.0. The molecular weight excluding hydrogens is 254 g/mol. The summed E-state index contributed by atoms with van der Waals surface area (Å²) in [7, 11) is 0. The van der Waals surface area contributed by atoms with Crippen molar-refractivity contribution < 1.29 is 9.53 Å². The monoisotopic (exact) mass is 279 g/mol. The average Bonchev–Trinajstić information content (AvgIpc) is 2.26. The number of amides is 1. The molecule has 112 valence electrons. The Hall–Kier alpha value is -1.62. The van der Waals surface area contributed by atoms with Crippen molar-refractivity contribution in [2.75, 3.05) is 6.54 Å². The highest BCUT2D eigenvalue weighted by Gasteiger charge is 2.24. The Morgan fingerprint density at radius 3 is 2.55 bits per heavy atom. The summed E-state index contributed by atoms with van der Waals surface area (Å²) in [6, 6.07) is 3.91. The van der Waals surface area contributed by atoms with E-state index in [2.05, 4.69) is 15.6 Å². The Morgan fingerprint density at radius 2 is 2.00 bits per heavy atom. The van der Waals surface area contributed by atoms with Crippen LogP contribution in [-0.2, 0) is 11.3 Å². The van der Waals surface area contributed by atoms with Crippen LogP contribution in [0.3, 0.4) is 0 Å². The largest absolute Gasteiger partial charge is 0.444 e. The van der Waals surface area contributed by atoms with Crippen molar-refractivity contribution in [3.05, 3.63) is 30.1 Å². The number of nitrogens with one attached hydrogen (secondary N) is 2. The minimum atomic E-state index is -0.483. The molecule has 0 fully saturated rings. The van der Waals surface area contributed by atoms with Crippen molar-refractivity contribution in [3.8, 4) is 0 Å². The van der Waals surface area contributed by atoms with Crippen molar-refractivity contribution in [3.63, 3.8) is 0 Å². The maximum Gasteiger partial charge on any atom is 0.408 e. The number of pyridine rings is 1. The second-order valence-electron chi connectivity index (χ2n) is 6.48. The van der Waals surface area contributed by atoms with Crippen molar-refractivity contribution in [1.29, 1.82) is 0 Å². The van der Waals surface area contributed by atoms with Gasteiger partial charge in [-0.2, -0.15) is 0 Å². The standard InChI is InChI=1S/C15H25N3O2/c1-14(2,3)20-13(19)18-15(4,5)11-17-10-12-7-6-8-16-9-12/h6-9,17H,10-11H2,1-5H3,(H,18,19). The highest BCUT2D eigenvalue weighted by Crippen LogP contribution is 2.09. The molecule has 1 aromatic heterocycles. The summed E-state index contributed by atoms with van der Waals surface area (Å²) in [6.45, 7) is 10.8. The molecule has 1 heterocycles. The lowest BCUT2D eigenvalue weighted by atomic mass is 10.1. The van der Waals surface area contributed by atoms with Crippen molar-refractivity contribution in [1.82, 2.24) is 15.6 Å². The molecule has 5 heteroatoms. The van der Waals surface area contributed by atoms with Crippen LogP contribution < -0.4 is 10.6 Å². The molecule has 0 aliphatic heterocycles. The molecule has 0 unspecified atom stereocenters. The SMILES string of the molecule is CC(C)(CNCc1cccnc1)NC(=O)OC(C)(C)C. The molecule has 0 aliphatic carbocycles. The molecule has 0 atom stereocenters. The van der Waals surface area contributed by atoms with E-state index in [1.165, 1.54) is 0 Å². The normalized spacial score (nSPS) is 12.1. The Morgan fingerprint density at radius 1 is 1.30 bits per heavy atom. The van der Waals surface area contributed by atoms with Crippen LogP contribution in [-0.4, -0.2) is 28.8 Å². The molecular formula is C15H25N3O2. The summed E-state index contributed by atoms with van der Waals surface area (Å²) in [5.74, 6) is 0. The smallest absolute Gasteiger partial charge is 0.408 e. The third kappa shape index (κ3) is 7.09. The number of hydrogen-bond donors (Lipinski definition) is 2. The van der Waals surface area contributed by atoms with Crippen LogP contribution in [0, 0.1) is 0 Å². The van der Waals surface area contributed by atoms with Crippen LogP contribution in [0.1, 0.15) is 40.2 Å². The minimum Gasteiger partial charge on any atom is -0.444 e. The number of nitrogens with zero attached hydrogens (tertiary/aromatic N) is 1. The van der Waals surface area contributed by atoms with Crippen LogP contribution in [0.5, 0.6) is 0 Å². The summed E-state index contributed by atoms with van der Waals surface area (Å²) in [5, 5.41) is 6.16. The quantitative estimate of drug-likeness (QED) is 0.869. The first-order valence-electron chi connectivity index (χ1n) is 6.79. The summed E-state index contributed by atoms with van der Waals surface area (Å²) in [5.41, 5.74) is 0.244. The highest BCUT2D eigenvalue weighted by molar-refractivity contribution is 5.68. The number of carbonyl (C=O) groups is 1. The van der Waals surface area contributed by atoms with Crippen LogP contribution in [0.15, 0.2) is 24.5 Å². The number of carbonyl (C=O) groups excluding carboxylic acids is 1. The molecule has 0 aliphatic rings. The van der Waals surface area contributed by atoms with Crippen molar-refractivity contribution in [2.24, 2.45) is 0 Å². The predicted molar refractivity (Wildman–Crippen MR) is 79.4 cm³/mol. The predicted octanol–water partition coefficient (Wildman–Crippen LogP) is 2.47. The molecule has 0 spiro atoms. The third-order valence-electron chi connectivity index (χ3n) is 2.46. The molecule has 0 saturated carbocycles. The molecule has 5 nitrogen and oxygen atoms in total. The zero-order chi connectivity index (χ0) is 15.2. The first kappa shape index (κ1) is 16.4. The lowest BCUT2D eigenvalue weighted by Crippen LogP contribution is -2.51. The molecule has 0 aromatic carbocycles. The highest BCUT2D eigenvalue weighted by atomic mass is 16.6. The van der Waals surface area contributed by atoms with Gasteiger partial charge in [-0.25, -0.2) is 4.79 Å². The Bertz CT molecular complexity index is 424. The molecule has 1 rings (SSSR count). The van der Waals surface area contributed by atoms with Gasteiger partial charge in [0, 0.05) is 25.5 Å². The van der Waals surface area contributed by atoms with Crippen LogP contribution in [0.4, 0.5) is 4.79 Å². The minimum absolute atomic E-state index is 0.384. The Kier molecular flexibility index (Phi) is 5.51. The van der Waals surface area contributed by atoms with Gasteiger partial charge in [0.2, 0.25) is 0 Å². The van der Waals surface area contributed by atoms with E-state index in [0.29, 0.717) is 13.1 Å². The molecule has 2 N–H and O–H groups in total.